The molecule has 1 aromatic rings. The standard InChI is InChI=1S/C12H12O7/c1-7(13)9-4-8(18-5-11(14)15)2-3-10(9)19-6-12(16)17/h2-4H,5-6H2,1H3,(H,14,15)(H,16,17). The second-order valence-corrected chi connectivity index (χ2v) is 3.58. The Hall–Kier alpha value is -2.57. The van der Waals surface area contributed by atoms with Crippen LogP contribution < -0.4 is 9.47 Å². The van der Waals surface area contributed by atoms with Crippen LogP contribution in [0.3, 0.4) is 0 Å². The van der Waals surface area contributed by atoms with Crippen LogP contribution >= 0.6 is 0 Å². The normalized spacial score (nSPS) is 9.74. The van der Waals surface area contributed by atoms with E-state index in [0.29, 0.717) is 0 Å². The fraction of sp³-hybridized carbons (Fsp3) is 0.250. The van der Waals surface area contributed by atoms with Gasteiger partial charge in [0.1, 0.15) is 11.5 Å². The van der Waals surface area contributed by atoms with Gasteiger partial charge in [-0.1, -0.05) is 0 Å². The third kappa shape index (κ3) is 4.66. The SMILES string of the molecule is CC(=O)c1cc(OCC(=O)O)ccc1OCC(=O)O. The molecule has 7 heteroatoms. The monoisotopic (exact) mass is 268 g/mol. The maximum absolute atomic E-state index is 11.4. The minimum absolute atomic E-state index is 0.109. The summed E-state index contributed by atoms with van der Waals surface area (Å²) in [5, 5.41) is 17.0. The first kappa shape index (κ1) is 14.5. The van der Waals surface area contributed by atoms with E-state index in [9.17, 15) is 14.4 Å². The minimum Gasteiger partial charge on any atom is -0.482 e. The minimum atomic E-state index is -1.17. The average Bonchev–Trinajstić information content (AvgIpc) is 2.33. The third-order valence-electron chi connectivity index (χ3n) is 2.04. The van der Waals surface area contributed by atoms with Crippen LogP contribution in [0.1, 0.15) is 17.3 Å². The molecule has 0 saturated carbocycles. The van der Waals surface area contributed by atoms with Gasteiger partial charge in [0.05, 0.1) is 5.56 Å². The van der Waals surface area contributed by atoms with E-state index in [2.05, 4.69) is 0 Å². The molecule has 1 aromatic carbocycles. The number of ketones is 1. The molecule has 7 nitrogen and oxygen atoms in total. The van der Waals surface area contributed by atoms with E-state index < -0.39 is 25.2 Å². The zero-order valence-corrected chi connectivity index (χ0v) is 10.1. The molecular formula is C12H12O7. The zero-order valence-electron chi connectivity index (χ0n) is 10.1. The number of Topliss-reactive ketones (excluding diaryl/α,β-unsaturated/α-hetero) is 1. The Morgan fingerprint density at radius 2 is 1.63 bits per heavy atom. The number of carbonyl (C=O) groups is 3. The largest absolute Gasteiger partial charge is 0.482 e. The average molecular weight is 268 g/mol. The maximum Gasteiger partial charge on any atom is 0.341 e. The topological polar surface area (TPSA) is 110 Å². The first-order valence-corrected chi connectivity index (χ1v) is 5.24. The van der Waals surface area contributed by atoms with Crippen LogP contribution in [-0.4, -0.2) is 41.1 Å². The molecule has 0 spiro atoms. The Morgan fingerprint density at radius 1 is 1.05 bits per heavy atom. The summed E-state index contributed by atoms with van der Waals surface area (Å²) in [5.41, 5.74) is 0.129. The summed E-state index contributed by atoms with van der Waals surface area (Å²) in [6, 6.07) is 4.06. The number of ether oxygens (including phenoxy) is 2. The van der Waals surface area contributed by atoms with Crippen molar-refractivity contribution in [1.82, 2.24) is 0 Å². The molecule has 0 aromatic heterocycles. The molecule has 0 heterocycles. The Kier molecular flexibility index (Phi) is 4.87. The summed E-state index contributed by atoms with van der Waals surface area (Å²) in [5.74, 6) is -2.36. The molecule has 0 unspecified atom stereocenters. The lowest BCUT2D eigenvalue weighted by Gasteiger charge is -2.10. The smallest absolute Gasteiger partial charge is 0.341 e. The number of rotatable bonds is 7. The molecule has 102 valence electrons. The van der Waals surface area contributed by atoms with Gasteiger partial charge in [-0.05, 0) is 25.1 Å². The van der Waals surface area contributed by atoms with Gasteiger partial charge in [-0.25, -0.2) is 9.59 Å². The van der Waals surface area contributed by atoms with Gasteiger partial charge in [-0.3, -0.25) is 4.79 Å². The summed E-state index contributed by atoms with van der Waals surface area (Å²) in [7, 11) is 0. The van der Waals surface area contributed by atoms with Crippen molar-refractivity contribution in [1.29, 1.82) is 0 Å². The Balaban J connectivity index is 2.91. The molecule has 0 fully saturated rings. The van der Waals surface area contributed by atoms with E-state index in [1.807, 2.05) is 0 Å². The van der Waals surface area contributed by atoms with Crippen LogP contribution in [0.25, 0.3) is 0 Å². The molecule has 0 aliphatic rings. The quantitative estimate of drug-likeness (QED) is 0.704. The second kappa shape index (κ2) is 6.39. The molecule has 2 N–H and O–H groups in total. The van der Waals surface area contributed by atoms with Crippen LogP contribution in [0.5, 0.6) is 11.5 Å². The maximum atomic E-state index is 11.4. The van der Waals surface area contributed by atoms with Crippen molar-refractivity contribution >= 4 is 17.7 Å². The number of carbonyl (C=O) groups excluding carboxylic acids is 1. The van der Waals surface area contributed by atoms with Crippen molar-refractivity contribution < 1.29 is 34.1 Å². The molecule has 0 aliphatic carbocycles. The predicted molar refractivity (Wildman–Crippen MR) is 62.7 cm³/mol. The van der Waals surface area contributed by atoms with Crippen molar-refractivity contribution in [3.8, 4) is 11.5 Å². The van der Waals surface area contributed by atoms with E-state index in [-0.39, 0.29) is 22.8 Å². The van der Waals surface area contributed by atoms with Crippen LogP contribution in [-0.2, 0) is 9.59 Å². The van der Waals surface area contributed by atoms with Gasteiger partial charge in [0.2, 0.25) is 0 Å². The molecule has 1 rings (SSSR count). The zero-order chi connectivity index (χ0) is 14.4. The molecule has 0 radical (unpaired) electrons. The molecule has 0 amide bonds. The number of benzene rings is 1. The van der Waals surface area contributed by atoms with Crippen LogP contribution in [0.4, 0.5) is 0 Å². The van der Waals surface area contributed by atoms with E-state index in [4.69, 9.17) is 19.7 Å². The molecule has 0 aliphatic heterocycles. The van der Waals surface area contributed by atoms with Crippen LogP contribution in [0.2, 0.25) is 0 Å². The van der Waals surface area contributed by atoms with Crippen molar-refractivity contribution in [2.75, 3.05) is 13.2 Å². The fourth-order valence-electron chi connectivity index (χ4n) is 1.28. The molecule has 0 saturated heterocycles. The highest BCUT2D eigenvalue weighted by molar-refractivity contribution is 5.97. The Labute approximate surface area is 108 Å². The third-order valence-corrected chi connectivity index (χ3v) is 2.04. The van der Waals surface area contributed by atoms with Crippen molar-refractivity contribution in [3.63, 3.8) is 0 Å². The summed E-state index contributed by atoms with van der Waals surface area (Å²) in [4.78, 5) is 32.2. The summed E-state index contributed by atoms with van der Waals surface area (Å²) < 4.78 is 9.86. The number of hydrogen-bond acceptors (Lipinski definition) is 5. The van der Waals surface area contributed by atoms with Crippen molar-refractivity contribution in [2.24, 2.45) is 0 Å². The van der Waals surface area contributed by atoms with Gasteiger partial charge < -0.3 is 19.7 Å². The van der Waals surface area contributed by atoms with Gasteiger partial charge in [0.25, 0.3) is 0 Å². The molecule has 0 atom stereocenters. The van der Waals surface area contributed by atoms with Gasteiger partial charge in [-0.2, -0.15) is 0 Å². The molecular weight excluding hydrogens is 256 g/mol. The lowest BCUT2D eigenvalue weighted by atomic mass is 10.1. The van der Waals surface area contributed by atoms with E-state index in [0.717, 1.165) is 0 Å². The number of aliphatic carboxylic acids is 2. The fourth-order valence-corrected chi connectivity index (χ4v) is 1.28. The number of hydrogen-bond donors (Lipinski definition) is 2. The van der Waals surface area contributed by atoms with Gasteiger partial charge in [-0.15, -0.1) is 0 Å². The summed E-state index contributed by atoms with van der Waals surface area (Å²) in [6.45, 7) is 0.173. The first-order valence-electron chi connectivity index (χ1n) is 5.24. The highest BCUT2D eigenvalue weighted by atomic mass is 16.5. The lowest BCUT2D eigenvalue weighted by molar-refractivity contribution is -0.140. The van der Waals surface area contributed by atoms with Crippen LogP contribution in [0.15, 0.2) is 18.2 Å². The second-order valence-electron chi connectivity index (χ2n) is 3.58. The van der Waals surface area contributed by atoms with Crippen molar-refractivity contribution in [3.05, 3.63) is 23.8 Å². The highest BCUT2D eigenvalue weighted by Crippen LogP contribution is 2.24. The predicted octanol–water partition coefficient (Wildman–Crippen LogP) is 0.816. The lowest BCUT2D eigenvalue weighted by Crippen LogP contribution is -2.12. The Bertz CT molecular complexity index is 507. The van der Waals surface area contributed by atoms with E-state index >= 15 is 0 Å². The van der Waals surface area contributed by atoms with E-state index in [1.54, 1.807) is 0 Å². The number of carboxylic acid groups (broad SMARTS) is 2. The first-order chi connectivity index (χ1) is 8.90. The molecule has 19 heavy (non-hydrogen) atoms. The Morgan fingerprint density at radius 3 is 2.16 bits per heavy atom. The molecule has 0 bridgehead atoms. The van der Waals surface area contributed by atoms with Crippen molar-refractivity contribution in [2.45, 2.75) is 6.92 Å². The van der Waals surface area contributed by atoms with Gasteiger partial charge in [0.15, 0.2) is 19.0 Å². The van der Waals surface area contributed by atoms with Gasteiger partial charge in [0, 0.05) is 0 Å². The number of carboxylic acids is 2. The highest BCUT2D eigenvalue weighted by Gasteiger charge is 2.12. The van der Waals surface area contributed by atoms with Gasteiger partial charge >= 0.3 is 11.9 Å². The van der Waals surface area contributed by atoms with E-state index in [1.165, 1.54) is 25.1 Å². The summed E-state index contributed by atoms with van der Waals surface area (Å²) in [6.07, 6.45) is 0. The van der Waals surface area contributed by atoms with Crippen LogP contribution in [0, 0.1) is 0 Å². The summed E-state index contributed by atoms with van der Waals surface area (Å²) >= 11 is 0.